The molecule has 0 aliphatic carbocycles. The molecule has 0 saturated carbocycles. The molecular formula is C13H9FOS. The Balaban J connectivity index is 2.26. The summed E-state index contributed by atoms with van der Waals surface area (Å²) >= 11 is 1.50. The zero-order valence-electron chi connectivity index (χ0n) is 8.39. The van der Waals surface area contributed by atoms with E-state index >= 15 is 0 Å². The highest BCUT2D eigenvalue weighted by molar-refractivity contribution is 7.99. The van der Waals surface area contributed by atoms with Gasteiger partial charge in [-0.25, -0.2) is 4.39 Å². The second-order valence-corrected chi connectivity index (χ2v) is 4.36. The Kier molecular flexibility index (Phi) is 3.37. The molecule has 0 radical (unpaired) electrons. The largest absolute Gasteiger partial charge is 0.298 e. The maximum atomic E-state index is 13.1. The van der Waals surface area contributed by atoms with Gasteiger partial charge in [0.05, 0.1) is 5.56 Å². The van der Waals surface area contributed by atoms with Crippen molar-refractivity contribution in [1.82, 2.24) is 0 Å². The molecule has 0 bridgehead atoms. The fourth-order valence-electron chi connectivity index (χ4n) is 1.30. The van der Waals surface area contributed by atoms with Crippen LogP contribution in [0.25, 0.3) is 0 Å². The minimum atomic E-state index is -0.479. The SMILES string of the molecule is O=Cc1cc(Sc2ccccc2)ccc1F. The van der Waals surface area contributed by atoms with Crippen molar-refractivity contribution in [3.63, 3.8) is 0 Å². The van der Waals surface area contributed by atoms with Crippen molar-refractivity contribution in [2.45, 2.75) is 9.79 Å². The lowest BCUT2D eigenvalue weighted by Crippen LogP contribution is -1.87. The monoisotopic (exact) mass is 232 g/mol. The van der Waals surface area contributed by atoms with Crippen LogP contribution in [0, 0.1) is 5.82 Å². The number of hydrogen-bond donors (Lipinski definition) is 0. The van der Waals surface area contributed by atoms with Gasteiger partial charge in [0.2, 0.25) is 0 Å². The minimum absolute atomic E-state index is 0.0981. The van der Waals surface area contributed by atoms with Crippen molar-refractivity contribution < 1.29 is 9.18 Å². The third-order valence-electron chi connectivity index (χ3n) is 2.07. The van der Waals surface area contributed by atoms with Gasteiger partial charge >= 0.3 is 0 Å². The van der Waals surface area contributed by atoms with Crippen LogP contribution in [0.1, 0.15) is 10.4 Å². The van der Waals surface area contributed by atoms with Gasteiger partial charge in [0.1, 0.15) is 5.82 Å². The van der Waals surface area contributed by atoms with E-state index in [1.807, 2.05) is 30.3 Å². The maximum absolute atomic E-state index is 13.1. The normalized spacial score (nSPS) is 10.1. The first-order chi connectivity index (χ1) is 7.79. The summed E-state index contributed by atoms with van der Waals surface area (Å²) in [4.78, 5) is 12.5. The Morgan fingerprint density at radius 3 is 2.44 bits per heavy atom. The molecule has 0 amide bonds. The lowest BCUT2D eigenvalue weighted by Gasteiger charge is -2.02. The van der Waals surface area contributed by atoms with Crippen molar-refractivity contribution in [2.24, 2.45) is 0 Å². The molecule has 0 atom stereocenters. The lowest BCUT2D eigenvalue weighted by atomic mass is 10.2. The van der Waals surface area contributed by atoms with Crippen LogP contribution in [0.4, 0.5) is 4.39 Å². The number of halogens is 1. The molecule has 2 aromatic rings. The molecule has 0 fully saturated rings. The number of rotatable bonds is 3. The van der Waals surface area contributed by atoms with Crippen molar-refractivity contribution in [3.8, 4) is 0 Å². The molecule has 0 aliphatic heterocycles. The molecule has 0 aliphatic rings. The van der Waals surface area contributed by atoms with Gasteiger partial charge < -0.3 is 0 Å². The first-order valence-corrected chi connectivity index (χ1v) is 5.59. The quantitative estimate of drug-likeness (QED) is 0.749. The number of aldehydes is 1. The van der Waals surface area contributed by atoms with Crippen LogP contribution in [-0.4, -0.2) is 6.29 Å². The summed E-state index contributed by atoms with van der Waals surface area (Å²) in [5.74, 6) is -0.479. The van der Waals surface area contributed by atoms with Gasteiger partial charge in [-0.2, -0.15) is 0 Å². The Morgan fingerprint density at radius 2 is 1.75 bits per heavy atom. The van der Waals surface area contributed by atoms with Crippen LogP contribution >= 0.6 is 11.8 Å². The van der Waals surface area contributed by atoms with E-state index in [2.05, 4.69) is 0 Å². The Morgan fingerprint density at radius 1 is 1.00 bits per heavy atom. The van der Waals surface area contributed by atoms with Crippen molar-refractivity contribution in [1.29, 1.82) is 0 Å². The molecule has 2 aromatic carbocycles. The highest BCUT2D eigenvalue weighted by Gasteiger charge is 2.03. The number of carbonyl (C=O) groups is 1. The molecule has 0 heterocycles. The molecule has 0 unspecified atom stereocenters. The molecule has 0 N–H and O–H groups in total. The second kappa shape index (κ2) is 4.94. The third kappa shape index (κ3) is 2.49. The lowest BCUT2D eigenvalue weighted by molar-refractivity contribution is 0.111. The van der Waals surface area contributed by atoms with Gasteiger partial charge in [-0.05, 0) is 30.3 Å². The number of hydrogen-bond acceptors (Lipinski definition) is 2. The van der Waals surface area contributed by atoms with Crippen LogP contribution in [0.3, 0.4) is 0 Å². The van der Waals surface area contributed by atoms with Crippen molar-refractivity contribution in [3.05, 3.63) is 59.9 Å². The highest BCUT2D eigenvalue weighted by Crippen LogP contribution is 2.28. The van der Waals surface area contributed by atoms with Crippen LogP contribution in [0.15, 0.2) is 58.3 Å². The van der Waals surface area contributed by atoms with Crippen LogP contribution in [-0.2, 0) is 0 Å². The van der Waals surface area contributed by atoms with Gasteiger partial charge in [-0.3, -0.25) is 4.79 Å². The smallest absolute Gasteiger partial charge is 0.153 e. The first-order valence-electron chi connectivity index (χ1n) is 4.77. The molecule has 80 valence electrons. The van der Waals surface area contributed by atoms with Crippen LogP contribution < -0.4 is 0 Å². The minimum Gasteiger partial charge on any atom is -0.298 e. The summed E-state index contributed by atoms with van der Waals surface area (Å²) in [6.07, 6.45) is 0.532. The summed E-state index contributed by atoms with van der Waals surface area (Å²) in [6.45, 7) is 0. The van der Waals surface area contributed by atoms with E-state index < -0.39 is 5.82 Å². The van der Waals surface area contributed by atoms with Crippen molar-refractivity contribution in [2.75, 3.05) is 0 Å². The molecular weight excluding hydrogens is 223 g/mol. The van der Waals surface area contributed by atoms with E-state index in [-0.39, 0.29) is 5.56 Å². The zero-order chi connectivity index (χ0) is 11.4. The molecule has 0 aromatic heterocycles. The number of benzene rings is 2. The highest BCUT2D eigenvalue weighted by atomic mass is 32.2. The first kappa shape index (κ1) is 10.9. The molecule has 0 saturated heterocycles. The molecule has 0 spiro atoms. The van der Waals surface area contributed by atoms with Gasteiger partial charge in [0.25, 0.3) is 0 Å². The van der Waals surface area contributed by atoms with E-state index in [9.17, 15) is 9.18 Å². The van der Waals surface area contributed by atoms with E-state index in [1.54, 1.807) is 12.1 Å². The number of carbonyl (C=O) groups excluding carboxylic acids is 1. The molecule has 3 heteroatoms. The Hall–Kier alpha value is -1.61. The Labute approximate surface area is 97.3 Å². The molecule has 16 heavy (non-hydrogen) atoms. The predicted octanol–water partition coefficient (Wildman–Crippen LogP) is 3.79. The van der Waals surface area contributed by atoms with Gasteiger partial charge in [-0.1, -0.05) is 30.0 Å². The van der Waals surface area contributed by atoms with E-state index in [0.717, 1.165) is 9.79 Å². The average Bonchev–Trinajstić information content (AvgIpc) is 2.33. The van der Waals surface area contributed by atoms with E-state index in [1.165, 1.54) is 17.8 Å². The van der Waals surface area contributed by atoms with Gasteiger partial charge in [-0.15, -0.1) is 0 Å². The van der Waals surface area contributed by atoms with E-state index in [4.69, 9.17) is 0 Å². The predicted molar refractivity (Wildman–Crippen MR) is 62.4 cm³/mol. The second-order valence-electron chi connectivity index (χ2n) is 3.22. The summed E-state index contributed by atoms with van der Waals surface area (Å²) in [5, 5.41) is 0. The van der Waals surface area contributed by atoms with Crippen molar-refractivity contribution >= 4 is 18.0 Å². The van der Waals surface area contributed by atoms with Crippen LogP contribution in [0.5, 0.6) is 0 Å². The van der Waals surface area contributed by atoms with Gasteiger partial charge in [0.15, 0.2) is 6.29 Å². The summed E-state index contributed by atoms with van der Waals surface area (Å²) in [7, 11) is 0. The Bertz CT molecular complexity index is 497. The molecule has 2 rings (SSSR count). The zero-order valence-corrected chi connectivity index (χ0v) is 9.21. The summed E-state index contributed by atoms with van der Waals surface area (Å²) in [6, 6.07) is 14.3. The fraction of sp³-hybridized carbons (Fsp3) is 0. The summed E-state index contributed by atoms with van der Waals surface area (Å²) < 4.78 is 13.1. The van der Waals surface area contributed by atoms with Gasteiger partial charge in [0, 0.05) is 9.79 Å². The standard InChI is InChI=1S/C13H9FOS/c14-13-7-6-12(8-10(13)9-15)16-11-4-2-1-3-5-11/h1-9H. The van der Waals surface area contributed by atoms with E-state index in [0.29, 0.717) is 6.29 Å². The fourth-order valence-corrected chi connectivity index (χ4v) is 2.19. The average molecular weight is 232 g/mol. The summed E-state index contributed by atoms with van der Waals surface area (Å²) in [5.41, 5.74) is 0.0981. The van der Waals surface area contributed by atoms with Crippen LogP contribution in [0.2, 0.25) is 0 Å². The topological polar surface area (TPSA) is 17.1 Å². The maximum Gasteiger partial charge on any atom is 0.153 e. The molecule has 1 nitrogen and oxygen atoms in total. The third-order valence-corrected chi connectivity index (χ3v) is 3.07.